The summed E-state index contributed by atoms with van der Waals surface area (Å²) >= 11 is 0. The summed E-state index contributed by atoms with van der Waals surface area (Å²) in [5, 5.41) is 13.4. The van der Waals surface area contributed by atoms with Gasteiger partial charge in [-0.1, -0.05) is 24.3 Å². The van der Waals surface area contributed by atoms with E-state index in [1.807, 2.05) is 60.7 Å². The summed E-state index contributed by atoms with van der Waals surface area (Å²) in [4.78, 5) is 0. The first kappa shape index (κ1) is 15.2. The number of benzene rings is 2. The maximum absolute atomic E-state index is 12.4. The Labute approximate surface area is 135 Å². The highest BCUT2D eigenvalue weighted by Crippen LogP contribution is 2.33. The number of methoxy groups -OCH3 is 2. The van der Waals surface area contributed by atoms with Gasteiger partial charge in [0, 0.05) is 17.8 Å². The Bertz CT molecular complexity index is 730. The van der Waals surface area contributed by atoms with Gasteiger partial charge in [0.2, 0.25) is 0 Å². The van der Waals surface area contributed by atoms with Gasteiger partial charge in [-0.25, -0.2) is 0 Å². The highest BCUT2D eigenvalue weighted by molar-refractivity contribution is 5.96. The van der Waals surface area contributed by atoms with Crippen LogP contribution in [0.1, 0.15) is 11.1 Å². The third-order valence-corrected chi connectivity index (χ3v) is 3.82. The molecule has 1 aliphatic rings. The van der Waals surface area contributed by atoms with E-state index in [0.717, 1.165) is 33.3 Å². The number of hydrogen-bond acceptors (Lipinski definition) is 4. The van der Waals surface area contributed by atoms with Crippen molar-refractivity contribution in [3.05, 3.63) is 77.0 Å². The van der Waals surface area contributed by atoms with Crippen LogP contribution in [-0.4, -0.2) is 25.8 Å². The molecule has 2 aromatic carbocycles. The molecule has 0 fully saturated rings. The summed E-state index contributed by atoms with van der Waals surface area (Å²) in [5.41, 5.74) is 3.42. The highest BCUT2D eigenvalue weighted by atomic mass is 16.5. The lowest BCUT2D eigenvalue weighted by atomic mass is 9.96. The number of hydroxylamine groups is 2. The Hall–Kier alpha value is -2.72. The number of ether oxygens (including phenoxy) is 2. The molecule has 0 spiro atoms. The van der Waals surface area contributed by atoms with E-state index < -0.39 is 0 Å². The molecule has 0 saturated heterocycles. The number of allylic oxidation sites excluding steroid dienone is 2. The van der Waals surface area contributed by atoms with Crippen LogP contribution in [0.5, 0.6) is 11.5 Å². The van der Waals surface area contributed by atoms with Gasteiger partial charge >= 0.3 is 0 Å². The van der Waals surface area contributed by atoms with E-state index in [1.54, 1.807) is 14.2 Å². The standard InChI is InChI=1S/C19H18NO3/c1-22-16-9-5-14(6-10-16)18-4-3-13-20(21)19(18)15-7-11-17(23-2)12-8-15/h3-12H,13H2,1-2H3/q-1. The van der Waals surface area contributed by atoms with E-state index in [2.05, 4.69) is 0 Å². The molecule has 0 saturated carbocycles. The lowest BCUT2D eigenvalue weighted by molar-refractivity contribution is 0.414. The van der Waals surface area contributed by atoms with E-state index in [1.165, 1.54) is 0 Å². The summed E-state index contributed by atoms with van der Waals surface area (Å²) in [7, 11) is 3.26. The highest BCUT2D eigenvalue weighted by Gasteiger charge is 2.14. The molecule has 0 atom stereocenters. The topological polar surface area (TPSA) is 44.8 Å². The minimum Gasteiger partial charge on any atom is -0.758 e. The molecule has 23 heavy (non-hydrogen) atoms. The van der Waals surface area contributed by atoms with Gasteiger partial charge in [0.05, 0.1) is 14.2 Å². The maximum atomic E-state index is 12.4. The molecule has 0 amide bonds. The molecule has 0 radical (unpaired) electrons. The molecule has 4 heteroatoms. The Kier molecular flexibility index (Phi) is 4.35. The fraction of sp³-hybridized carbons (Fsp3) is 0.158. The number of nitrogens with zero attached hydrogens (tertiary/aromatic N) is 1. The third kappa shape index (κ3) is 3.07. The first-order valence-electron chi connectivity index (χ1n) is 7.37. The second kappa shape index (κ2) is 6.58. The fourth-order valence-electron chi connectivity index (χ4n) is 2.62. The lowest BCUT2D eigenvalue weighted by Crippen LogP contribution is -2.18. The molecular weight excluding hydrogens is 290 g/mol. The molecule has 0 unspecified atom stereocenters. The monoisotopic (exact) mass is 308 g/mol. The van der Waals surface area contributed by atoms with E-state index in [4.69, 9.17) is 9.47 Å². The number of rotatable bonds is 4. The SMILES string of the molecule is COc1ccc(C2=C(c3ccc(OC)cc3)N([O-])CC=C2)cc1. The Morgan fingerprint density at radius 1 is 0.826 bits per heavy atom. The smallest absolute Gasteiger partial charge is 0.118 e. The predicted octanol–water partition coefficient (Wildman–Crippen LogP) is 3.94. The van der Waals surface area contributed by atoms with Crippen molar-refractivity contribution in [1.29, 1.82) is 0 Å². The lowest BCUT2D eigenvalue weighted by Gasteiger charge is -2.36. The number of hydrogen-bond donors (Lipinski definition) is 0. The average Bonchev–Trinajstić information content (AvgIpc) is 2.62. The zero-order chi connectivity index (χ0) is 16.2. The molecule has 1 heterocycles. The summed E-state index contributed by atoms with van der Waals surface area (Å²) in [5.74, 6) is 1.56. The molecule has 2 aromatic rings. The maximum Gasteiger partial charge on any atom is 0.118 e. The first-order valence-corrected chi connectivity index (χ1v) is 7.37. The fourth-order valence-corrected chi connectivity index (χ4v) is 2.62. The van der Waals surface area contributed by atoms with Gasteiger partial charge in [-0.05, 0) is 47.5 Å². The average molecular weight is 308 g/mol. The predicted molar refractivity (Wildman–Crippen MR) is 92.0 cm³/mol. The van der Waals surface area contributed by atoms with E-state index in [9.17, 15) is 5.21 Å². The van der Waals surface area contributed by atoms with Crippen molar-refractivity contribution in [1.82, 2.24) is 5.06 Å². The van der Waals surface area contributed by atoms with Gasteiger partial charge < -0.3 is 19.7 Å². The quantitative estimate of drug-likeness (QED) is 0.858. The molecule has 118 valence electrons. The van der Waals surface area contributed by atoms with E-state index in [0.29, 0.717) is 12.2 Å². The minimum absolute atomic E-state index is 0.348. The zero-order valence-electron chi connectivity index (χ0n) is 13.2. The third-order valence-electron chi connectivity index (χ3n) is 3.82. The molecule has 0 N–H and O–H groups in total. The summed E-state index contributed by atoms with van der Waals surface area (Å²) in [6.07, 6.45) is 3.87. The molecule has 0 aromatic heterocycles. The molecule has 0 bridgehead atoms. The zero-order valence-corrected chi connectivity index (χ0v) is 13.2. The van der Waals surface area contributed by atoms with Gasteiger partial charge in [-0.3, -0.25) is 0 Å². The normalized spacial score (nSPS) is 14.1. The van der Waals surface area contributed by atoms with Crippen LogP contribution in [0.3, 0.4) is 0 Å². The van der Waals surface area contributed by atoms with Crippen molar-refractivity contribution in [2.75, 3.05) is 20.8 Å². The largest absolute Gasteiger partial charge is 0.758 e. The van der Waals surface area contributed by atoms with Gasteiger partial charge in [-0.15, -0.1) is 0 Å². The summed E-state index contributed by atoms with van der Waals surface area (Å²) < 4.78 is 10.4. The summed E-state index contributed by atoms with van der Waals surface area (Å²) in [6, 6.07) is 15.2. The van der Waals surface area contributed by atoms with Crippen LogP contribution in [0.15, 0.2) is 60.7 Å². The second-order valence-corrected chi connectivity index (χ2v) is 5.18. The van der Waals surface area contributed by atoms with E-state index in [-0.39, 0.29) is 0 Å². The Morgan fingerprint density at radius 2 is 1.35 bits per heavy atom. The molecule has 1 aliphatic heterocycles. The van der Waals surface area contributed by atoms with Crippen molar-refractivity contribution in [2.24, 2.45) is 0 Å². The summed E-state index contributed by atoms with van der Waals surface area (Å²) in [6.45, 7) is 0.348. The van der Waals surface area contributed by atoms with Crippen molar-refractivity contribution in [3.8, 4) is 11.5 Å². The Morgan fingerprint density at radius 3 is 1.87 bits per heavy atom. The first-order chi connectivity index (χ1) is 11.2. The molecular formula is C19H18NO3-. The van der Waals surface area contributed by atoms with Gasteiger partial charge in [0.1, 0.15) is 11.5 Å². The Balaban J connectivity index is 2.08. The molecule has 4 nitrogen and oxygen atoms in total. The van der Waals surface area contributed by atoms with Gasteiger partial charge in [-0.2, -0.15) is 0 Å². The van der Waals surface area contributed by atoms with Crippen LogP contribution in [0.4, 0.5) is 0 Å². The van der Waals surface area contributed by atoms with Crippen molar-refractivity contribution >= 4 is 11.3 Å². The molecule has 0 aliphatic carbocycles. The van der Waals surface area contributed by atoms with Gasteiger partial charge in [0.15, 0.2) is 0 Å². The van der Waals surface area contributed by atoms with E-state index >= 15 is 0 Å². The van der Waals surface area contributed by atoms with Crippen LogP contribution in [0.25, 0.3) is 11.3 Å². The van der Waals surface area contributed by atoms with Crippen LogP contribution in [-0.2, 0) is 0 Å². The van der Waals surface area contributed by atoms with Crippen LogP contribution >= 0.6 is 0 Å². The van der Waals surface area contributed by atoms with Crippen LogP contribution in [0, 0.1) is 5.21 Å². The second-order valence-electron chi connectivity index (χ2n) is 5.18. The van der Waals surface area contributed by atoms with Crippen molar-refractivity contribution in [3.63, 3.8) is 0 Å². The van der Waals surface area contributed by atoms with Crippen LogP contribution in [0.2, 0.25) is 0 Å². The van der Waals surface area contributed by atoms with Crippen molar-refractivity contribution < 1.29 is 9.47 Å². The minimum atomic E-state index is 0.348. The molecule has 3 rings (SSSR count). The van der Waals surface area contributed by atoms with Crippen molar-refractivity contribution in [2.45, 2.75) is 0 Å². The van der Waals surface area contributed by atoms with Crippen LogP contribution < -0.4 is 9.47 Å². The van der Waals surface area contributed by atoms with Gasteiger partial charge in [0.25, 0.3) is 0 Å².